The van der Waals surface area contributed by atoms with Gasteiger partial charge in [0.05, 0.1) is 19.7 Å². The number of nitrogens with zero attached hydrogens (tertiary/aromatic N) is 6. The second kappa shape index (κ2) is 9.51. The van der Waals surface area contributed by atoms with E-state index in [-0.39, 0.29) is 6.04 Å². The van der Waals surface area contributed by atoms with Crippen LogP contribution in [-0.4, -0.2) is 59.8 Å². The average molecular weight is 457 g/mol. The lowest BCUT2D eigenvalue weighted by atomic mass is 10.1. The highest BCUT2D eigenvalue weighted by Gasteiger charge is 2.28. The Labute approximate surface area is 199 Å². The van der Waals surface area contributed by atoms with E-state index in [1.807, 2.05) is 30.6 Å². The monoisotopic (exact) mass is 456 g/mol. The summed E-state index contributed by atoms with van der Waals surface area (Å²) in [5, 5.41) is 0.946. The van der Waals surface area contributed by atoms with Crippen molar-refractivity contribution >= 4 is 22.7 Å². The molecule has 0 bridgehead atoms. The molecular weight excluding hydrogens is 428 g/mol. The first-order valence-corrected chi connectivity index (χ1v) is 11.4. The molecule has 1 fully saturated rings. The first kappa shape index (κ1) is 21.9. The van der Waals surface area contributed by atoms with E-state index in [2.05, 4.69) is 60.9 Å². The Balaban J connectivity index is 1.33. The smallest absolute Gasteiger partial charge is 0.225 e. The van der Waals surface area contributed by atoms with E-state index in [4.69, 9.17) is 9.47 Å². The van der Waals surface area contributed by atoms with Crippen molar-refractivity contribution in [2.24, 2.45) is 0 Å². The zero-order valence-electron chi connectivity index (χ0n) is 19.7. The number of rotatable bonds is 6. The van der Waals surface area contributed by atoms with Gasteiger partial charge in [-0.1, -0.05) is 30.3 Å². The minimum atomic E-state index is 0.215. The zero-order valence-corrected chi connectivity index (χ0v) is 19.7. The lowest BCUT2D eigenvalue weighted by Crippen LogP contribution is -2.53. The van der Waals surface area contributed by atoms with Crippen LogP contribution in [0.5, 0.6) is 11.5 Å². The fraction of sp³-hybridized carbons (Fsp3) is 0.308. The molecule has 0 saturated carbocycles. The van der Waals surface area contributed by atoms with Gasteiger partial charge in [-0.25, -0.2) is 19.9 Å². The van der Waals surface area contributed by atoms with Gasteiger partial charge >= 0.3 is 0 Å². The lowest BCUT2D eigenvalue weighted by molar-refractivity contribution is 0.355. The summed E-state index contributed by atoms with van der Waals surface area (Å²) in [6, 6.07) is 14.4. The van der Waals surface area contributed by atoms with Gasteiger partial charge in [-0.05, 0) is 24.1 Å². The molecule has 1 atom stereocenters. The van der Waals surface area contributed by atoms with Gasteiger partial charge in [0.25, 0.3) is 0 Å². The molecule has 5 rings (SSSR count). The third-order valence-corrected chi connectivity index (χ3v) is 6.24. The topological polar surface area (TPSA) is 76.5 Å². The maximum absolute atomic E-state index is 5.51. The molecule has 4 aromatic rings. The molecule has 174 valence electrons. The van der Waals surface area contributed by atoms with Crippen molar-refractivity contribution in [2.75, 3.05) is 43.7 Å². The number of fused-ring (bicyclic) bond motifs is 1. The number of methoxy groups -OCH3 is 2. The van der Waals surface area contributed by atoms with Crippen LogP contribution in [0.15, 0.2) is 61.2 Å². The van der Waals surface area contributed by atoms with Gasteiger partial charge in [0, 0.05) is 55.9 Å². The molecule has 0 unspecified atom stereocenters. The molecule has 0 amide bonds. The van der Waals surface area contributed by atoms with Crippen LogP contribution in [-0.2, 0) is 6.42 Å². The van der Waals surface area contributed by atoms with Crippen LogP contribution >= 0.6 is 0 Å². The normalized spacial score (nSPS) is 16.0. The highest BCUT2D eigenvalue weighted by molar-refractivity contribution is 5.92. The van der Waals surface area contributed by atoms with Crippen molar-refractivity contribution in [2.45, 2.75) is 19.4 Å². The van der Waals surface area contributed by atoms with Gasteiger partial charge in [0.2, 0.25) is 5.95 Å². The van der Waals surface area contributed by atoms with Gasteiger partial charge in [0.1, 0.15) is 12.1 Å². The second-order valence-corrected chi connectivity index (χ2v) is 8.46. The molecular formula is C26H28N6O2. The summed E-state index contributed by atoms with van der Waals surface area (Å²) in [6.07, 6.45) is 6.31. The zero-order chi connectivity index (χ0) is 23.5. The van der Waals surface area contributed by atoms with E-state index in [0.717, 1.165) is 54.3 Å². The highest BCUT2D eigenvalue weighted by Crippen LogP contribution is 2.35. The molecule has 1 saturated heterocycles. The van der Waals surface area contributed by atoms with Gasteiger partial charge in [0.15, 0.2) is 11.5 Å². The molecule has 1 aliphatic rings. The number of piperazine rings is 1. The maximum Gasteiger partial charge on any atom is 0.225 e. The summed E-state index contributed by atoms with van der Waals surface area (Å²) in [7, 11) is 3.27. The summed E-state index contributed by atoms with van der Waals surface area (Å²) in [5.41, 5.74) is 3.19. The van der Waals surface area contributed by atoms with E-state index in [0.29, 0.717) is 11.5 Å². The fourth-order valence-electron chi connectivity index (χ4n) is 4.49. The number of benzene rings is 2. The van der Waals surface area contributed by atoms with Crippen LogP contribution in [0.4, 0.5) is 11.8 Å². The lowest BCUT2D eigenvalue weighted by Gasteiger charge is -2.40. The molecule has 0 radical (unpaired) electrons. The summed E-state index contributed by atoms with van der Waals surface area (Å²) in [6.45, 7) is 4.61. The van der Waals surface area contributed by atoms with Gasteiger partial charge in [-0.15, -0.1) is 0 Å². The van der Waals surface area contributed by atoms with Crippen LogP contribution in [0, 0.1) is 0 Å². The van der Waals surface area contributed by atoms with E-state index in [1.54, 1.807) is 20.5 Å². The Morgan fingerprint density at radius 2 is 1.62 bits per heavy atom. The summed E-state index contributed by atoms with van der Waals surface area (Å²) < 4.78 is 10.9. The molecule has 34 heavy (non-hydrogen) atoms. The Morgan fingerprint density at radius 1 is 0.882 bits per heavy atom. The molecule has 1 aliphatic heterocycles. The summed E-state index contributed by atoms with van der Waals surface area (Å²) in [5.74, 6) is 2.99. The molecule has 0 aliphatic carbocycles. The van der Waals surface area contributed by atoms with Crippen molar-refractivity contribution in [3.05, 3.63) is 72.3 Å². The summed E-state index contributed by atoms with van der Waals surface area (Å²) >= 11 is 0. The van der Waals surface area contributed by atoms with Crippen LogP contribution in [0.1, 0.15) is 18.1 Å². The number of aromatic nitrogens is 4. The van der Waals surface area contributed by atoms with E-state index >= 15 is 0 Å². The first-order chi connectivity index (χ1) is 16.7. The van der Waals surface area contributed by atoms with Crippen molar-refractivity contribution < 1.29 is 9.47 Å². The van der Waals surface area contributed by atoms with Crippen LogP contribution in [0.25, 0.3) is 10.9 Å². The van der Waals surface area contributed by atoms with Gasteiger partial charge < -0.3 is 19.3 Å². The molecule has 2 aromatic carbocycles. The Bertz CT molecular complexity index is 1270. The first-order valence-electron chi connectivity index (χ1n) is 11.4. The standard InChI is InChI=1S/C26H28N6O2/c1-18-16-31(26-27-14-20(15-28-26)11-19-7-5-4-6-8-19)9-10-32(18)25-21-12-23(33-2)24(34-3)13-22(21)29-17-30-25/h4-8,12-15,17-18H,9-11,16H2,1-3H3/t18-/m0/s1. The maximum atomic E-state index is 5.51. The molecule has 2 aromatic heterocycles. The predicted molar refractivity (Wildman–Crippen MR) is 133 cm³/mol. The SMILES string of the molecule is COc1cc2ncnc(N3CCN(c4ncc(Cc5ccccc5)cn4)C[C@@H]3C)c2cc1OC. The van der Waals surface area contributed by atoms with E-state index < -0.39 is 0 Å². The number of hydrogen-bond donors (Lipinski definition) is 0. The van der Waals surface area contributed by atoms with Crippen LogP contribution < -0.4 is 19.3 Å². The van der Waals surface area contributed by atoms with Crippen molar-refractivity contribution in [1.82, 2.24) is 19.9 Å². The van der Waals surface area contributed by atoms with Crippen molar-refractivity contribution in [1.29, 1.82) is 0 Å². The van der Waals surface area contributed by atoms with E-state index in [9.17, 15) is 0 Å². The average Bonchev–Trinajstić information content (AvgIpc) is 2.88. The largest absolute Gasteiger partial charge is 0.493 e. The predicted octanol–water partition coefficient (Wildman–Crippen LogP) is 3.74. The molecule has 3 heterocycles. The number of hydrogen-bond acceptors (Lipinski definition) is 8. The van der Waals surface area contributed by atoms with Gasteiger partial charge in [-0.2, -0.15) is 0 Å². The van der Waals surface area contributed by atoms with Gasteiger partial charge in [-0.3, -0.25) is 0 Å². The second-order valence-electron chi connectivity index (χ2n) is 8.46. The Morgan fingerprint density at radius 3 is 2.32 bits per heavy atom. The fourth-order valence-corrected chi connectivity index (χ4v) is 4.49. The molecule has 0 spiro atoms. The highest BCUT2D eigenvalue weighted by atomic mass is 16.5. The minimum absolute atomic E-state index is 0.215. The number of anilines is 2. The third-order valence-electron chi connectivity index (χ3n) is 6.24. The number of ether oxygens (including phenoxy) is 2. The minimum Gasteiger partial charge on any atom is -0.493 e. The van der Waals surface area contributed by atoms with Crippen molar-refractivity contribution in [3.63, 3.8) is 0 Å². The molecule has 8 heteroatoms. The Kier molecular flexibility index (Phi) is 6.12. The van der Waals surface area contributed by atoms with E-state index in [1.165, 1.54) is 5.56 Å². The van der Waals surface area contributed by atoms with Crippen LogP contribution in [0.3, 0.4) is 0 Å². The van der Waals surface area contributed by atoms with Crippen molar-refractivity contribution in [3.8, 4) is 11.5 Å². The van der Waals surface area contributed by atoms with Crippen LogP contribution in [0.2, 0.25) is 0 Å². The summed E-state index contributed by atoms with van der Waals surface area (Å²) in [4.78, 5) is 23.0. The quantitative estimate of drug-likeness (QED) is 0.434. The molecule has 8 nitrogen and oxygen atoms in total. The molecule has 0 N–H and O–H groups in total. The Hall–Kier alpha value is -3.94. The third kappa shape index (κ3) is 4.31.